The molecule has 3 rings (SSSR count). The Balaban J connectivity index is 1.64. The molecule has 0 fully saturated rings. The summed E-state index contributed by atoms with van der Waals surface area (Å²) >= 11 is 0. The standard InChI is InChI=1S/C19H25N5O/c1-23(2)11-6-10-20-18(25)16-13-21-19(22-14-16)24-12-5-8-15-7-3-4-9-17(15)24/h3-4,7,9,13-14H,5-6,8,10-12H2,1-2H3,(H,20,25). The molecular formula is C19H25N5O. The second-order valence-electron chi connectivity index (χ2n) is 6.57. The number of carbonyl (C=O) groups excluding carboxylic acids is 1. The lowest BCUT2D eigenvalue weighted by Crippen LogP contribution is -2.28. The minimum atomic E-state index is -0.121. The third kappa shape index (κ3) is 4.33. The molecular weight excluding hydrogens is 314 g/mol. The molecule has 2 aromatic rings. The van der Waals surface area contributed by atoms with Gasteiger partial charge >= 0.3 is 0 Å². The number of nitrogens with one attached hydrogen (secondary N) is 1. The van der Waals surface area contributed by atoms with Crippen molar-refractivity contribution in [2.24, 2.45) is 0 Å². The van der Waals surface area contributed by atoms with Gasteiger partial charge in [0.15, 0.2) is 0 Å². The fourth-order valence-electron chi connectivity index (χ4n) is 3.02. The Kier molecular flexibility index (Phi) is 5.60. The molecule has 0 aliphatic carbocycles. The van der Waals surface area contributed by atoms with Crippen molar-refractivity contribution in [1.82, 2.24) is 20.2 Å². The van der Waals surface area contributed by atoms with Crippen molar-refractivity contribution < 1.29 is 4.79 Å². The molecule has 1 N–H and O–H groups in total. The number of fused-ring (bicyclic) bond motifs is 1. The summed E-state index contributed by atoms with van der Waals surface area (Å²) in [6.45, 7) is 2.50. The predicted molar refractivity (Wildman–Crippen MR) is 99.3 cm³/mol. The van der Waals surface area contributed by atoms with E-state index in [0.29, 0.717) is 18.1 Å². The average molecular weight is 339 g/mol. The largest absolute Gasteiger partial charge is 0.352 e. The summed E-state index contributed by atoms with van der Waals surface area (Å²) in [4.78, 5) is 25.2. The summed E-state index contributed by atoms with van der Waals surface area (Å²) in [5.41, 5.74) is 2.98. The van der Waals surface area contributed by atoms with Crippen molar-refractivity contribution in [3.63, 3.8) is 0 Å². The maximum Gasteiger partial charge on any atom is 0.254 e. The topological polar surface area (TPSA) is 61.4 Å². The van der Waals surface area contributed by atoms with Gasteiger partial charge < -0.3 is 15.1 Å². The highest BCUT2D eigenvalue weighted by molar-refractivity contribution is 5.93. The molecule has 0 spiro atoms. The Morgan fingerprint density at radius 3 is 2.76 bits per heavy atom. The van der Waals surface area contributed by atoms with Gasteiger partial charge in [0.05, 0.1) is 5.56 Å². The highest BCUT2D eigenvalue weighted by Gasteiger charge is 2.20. The molecule has 0 bridgehead atoms. The van der Waals surface area contributed by atoms with Crippen LogP contribution in [0.5, 0.6) is 0 Å². The first-order valence-electron chi connectivity index (χ1n) is 8.75. The summed E-state index contributed by atoms with van der Waals surface area (Å²) in [5.74, 6) is 0.528. The monoisotopic (exact) mass is 339 g/mol. The Bertz CT molecular complexity index is 714. The number of rotatable bonds is 6. The van der Waals surface area contributed by atoms with Gasteiger partial charge in [-0.25, -0.2) is 9.97 Å². The second-order valence-corrected chi connectivity index (χ2v) is 6.57. The van der Waals surface area contributed by atoms with E-state index >= 15 is 0 Å². The SMILES string of the molecule is CN(C)CCCNC(=O)c1cnc(N2CCCc3ccccc32)nc1. The highest BCUT2D eigenvalue weighted by Crippen LogP contribution is 2.30. The fraction of sp³-hybridized carbons (Fsp3) is 0.421. The van der Waals surface area contributed by atoms with Gasteiger partial charge in [0.25, 0.3) is 5.91 Å². The molecule has 1 aliphatic rings. The number of carbonyl (C=O) groups is 1. The smallest absolute Gasteiger partial charge is 0.254 e. The van der Waals surface area contributed by atoms with Crippen LogP contribution in [0.25, 0.3) is 0 Å². The van der Waals surface area contributed by atoms with Crippen LogP contribution in [-0.2, 0) is 6.42 Å². The van der Waals surface area contributed by atoms with Crippen molar-refractivity contribution in [3.8, 4) is 0 Å². The molecule has 1 aromatic carbocycles. The third-order valence-corrected chi connectivity index (χ3v) is 4.32. The number of aryl methyl sites for hydroxylation is 1. The van der Waals surface area contributed by atoms with Gasteiger partial charge in [0.1, 0.15) is 0 Å². The van der Waals surface area contributed by atoms with Gasteiger partial charge in [-0.2, -0.15) is 0 Å². The molecule has 0 saturated heterocycles. The minimum absolute atomic E-state index is 0.121. The molecule has 6 heteroatoms. The van der Waals surface area contributed by atoms with Crippen LogP contribution in [-0.4, -0.2) is 54.5 Å². The summed E-state index contributed by atoms with van der Waals surface area (Å²) < 4.78 is 0. The quantitative estimate of drug-likeness (QED) is 0.818. The zero-order valence-corrected chi connectivity index (χ0v) is 14.9. The summed E-state index contributed by atoms with van der Waals surface area (Å²) in [7, 11) is 4.04. The van der Waals surface area contributed by atoms with E-state index in [1.807, 2.05) is 20.2 Å². The first-order chi connectivity index (χ1) is 12.1. The van der Waals surface area contributed by atoms with Crippen molar-refractivity contribution in [1.29, 1.82) is 0 Å². The molecule has 0 radical (unpaired) electrons. The third-order valence-electron chi connectivity index (χ3n) is 4.32. The maximum atomic E-state index is 12.2. The number of hydrogen-bond acceptors (Lipinski definition) is 5. The molecule has 6 nitrogen and oxygen atoms in total. The maximum absolute atomic E-state index is 12.2. The number of hydrogen-bond donors (Lipinski definition) is 1. The Morgan fingerprint density at radius 2 is 2.00 bits per heavy atom. The molecule has 0 unspecified atom stereocenters. The van der Waals surface area contributed by atoms with Gasteiger partial charge in [-0.3, -0.25) is 4.79 Å². The molecule has 132 valence electrons. The lowest BCUT2D eigenvalue weighted by atomic mass is 10.0. The summed E-state index contributed by atoms with van der Waals surface area (Å²) in [6, 6.07) is 8.35. The predicted octanol–water partition coefficient (Wildman–Crippen LogP) is 2.24. The molecule has 1 aromatic heterocycles. The van der Waals surface area contributed by atoms with Crippen molar-refractivity contribution in [3.05, 3.63) is 47.8 Å². The van der Waals surface area contributed by atoms with Gasteiger partial charge in [-0.15, -0.1) is 0 Å². The molecule has 1 amide bonds. The van der Waals surface area contributed by atoms with Crippen LogP contribution >= 0.6 is 0 Å². The molecule has 25 heavy (non-hydrogen) atoms. The van der Waals surface area contributed by atoms with Crippen molar-refractivity contribution in [2.75, 3.05) is 38.6 Å². The van der Waals surface area contributed by atoms with Crippen LogP contribution in [0.1, 0.15) is 28.8 Å². The summed E-state index contributed by atoms with van der Waals surface area (Å²) in [6.07, 6.45) is 6.30. The minimum Gasteiger partial charge on any atom is -0.352 e. The van der Waals surface area contributed by atoms with Crippen LogP contribution in [0.3, 0.4) is 0 Å². The normalized spacial score (nSPS) is 13.6. The fourth-order valence-corrected chi connectivity index (χ4v) is 3.02. The van der Waals surface area contributed by atoms with E-state index in [4.69, 9.17) is 0 Å². The van der Waals surface area contributed by atoms with Gasteiger partial charge in [-0.1, -0.05) is 18.2 Å². The van der Waals surface area contributed by atoms with Gasteiger partial charge in [-0.05, 0) is 51.5 Å². The zero-order valence-electron chi connectivity index (χ0n) is 14.9. The van der Waals surface area contributed by atoms with Crippen LogP contribution < -0.4 is 10.2 Å². The number of para-hydroxylation sites is 1. The van der Waals surface area contributed by atoms with E-state index in [9.17, 15) is 4.79 Å². The Labute approximate surface area is 148 Å². The van der Waals surface area contributed by atoms with Crippen molar-refractivity contribution >= 4 is 17.5 Å². The average Bonchev–Trinajstić information content (AvgIpc) is 2.64. The second kappa shape index (κ2) is 8.07. The molecule has 1 aliphatic heterocycles. The van der Waals surface area contributed by atoms with Gasteiger partial charge in [0.2, 0.25) is 5.95 Å². The van der Waals surface area contributed by atoms with E-state index in [0.717, 1.165) is 38.0 Å². The first kappa shape index (κ1) is 17.4. The van der Waals surface area contributed by atoms with Crippen LogP contribution in [0.15, 0.2) is 36.7 Å². The molecule has 2 heterocycles. The summed E-state index contributed by atoms with van der Waals surface area (Å²) in [5, 5.41) is 2.91. The molecule has 0 atom stereocenters. The van der Waals surface area contributed by atoms with Crippen LogP contribution in [0, 0.1) is 0 Å². The van der Waals surface area contributed by atoms with Crippen LogP contribution in [0.2, 0.25) is 0 Å². The first-order valence-corrected chi connectivity index (χ1v) is 8.75. The van der Waals surface area contributed by atoms with E-state index in [2.05, 4.69) is 43.3 Å². The lowest BCUT2D eigenvalue weighted by molar-refractivity contribution is 0.0951. The van der Waals surface area contributed by atoms with E-state index in [1.54, 1.807) is 12.4 Å². The lowest BCUT2D eigenvalue weighted by Gasteiger charge is -2.29. The number of aromatic nitrogens is 2. The van der Waals surface area contributed by atoms with Crippen LogP contribution in [0.4, 0.5) is 11.6 Å². The van der Waals surface area contributed by atoms with Gasteiger partial charge in [0, 0.05) is 31.2 Å². The molecule has 0 saturated carbocycles. The van der Waals surface area contributed by atoms with E-state index in [1.165, 1.54) is 5.56 Å². The number of amides is 1. The zero-order chi connectivity index (χ0) is 17.6. The van der Waals surface area contributed by atoms with E-state index in [-0.39, 0.29) is 5.91 Å². The number of benzene rings is 1. The number of nitrogens with zero attached hydrogens (tertiary/aromatic N) is 4. The highest BCUT2D eigenvalue weighted by atomic mass is 16.1. The van der Waals surface area contributed by atoms with E-state index < -0.39 is 0 Å². The Hall–Kier alpha value is -2.47. The van der Waals surface area contributed by atoms with Crippen molar-refractivity contribution in [2.45, 2.75) is 19.3 Å². The number of anilines is 2. The Morgan fingerprint density at radius 1 is 1.24 bits per heavy atom.